The van der Waals surface area contributed by atoms with Crippen LogP contribution in [0.15, 0.2) is 0 Å². The molecule has 3 N–H and O–H groups in total. The lowest BCUT2D eigenvalue weighted by Crippen LogP contribution is -2.45. The van der Waals surface area contributed by atoms with Crippen LogP contribution >= 0.6 is 0 Å². The summed E-state index contributed by atoms with van der Waals surface area (Å²) in [6.45, 7) is 4.16. The molecular formula is C7H18N3. The molecular weight excluding hydrogens is 126 g/mol. The second kappa shape index (κ2) is 5.65. The zero-order valence-electron chi connectivity index (χ0n) is 7.23. The van der Waals surface area contributed by atoms with Crippen molar-refractivity contribution in [2.45, 2.75) is 19.0 Å². The summed E-state index contributed by atoms with van der Waals surface area (Å²) in [5.74, 6) is 0. The Hall–Kier alpha value is -0.120. The van der Waals surface area contributed by atoms with Gasteiger partial charge in [0.1, 0.15) is 0 Å². The van der Waals surface area contributed by atoms with Gasteiger partial charge in [-0.2, -0.15) is 0 Å². The number of hydrogen-bond acceptors (Lipinski definition) is 3. The summed E-state index contributed by atoms with van der Waals surface area (Å²) in [5.41, 5.74) is 0. The highest BCUT2D eigenvalue weighted by molar-refractivity contribution is 4.86. The van der Waals surface area contributed by atoms with Crippen LogP contribution in [0.3, 0.4) is 0 Å². The molecule has 61 valence electrons. The average Bonchev–Trinajstić information content (AvgIpc) is 1.99. The molecule has 2 unspecified atom stereocenters. The van der Waals surface area contributed by atoms with E-state index in [9.17, 15) is 0 Å². The van der Waals surface area contributed by atoms with Crippen LogP contribution in [0.1, 0.15) is 6.92 Å². The van der Waals surface area contributed by atoms with Crippen LogP contribution in [0.25, 0.3) is 0 Å². The maximum Gasteiger partial charge on any atom is 0.0404 e. The van der Waals surface area contributed by atoms with Crippen LogP contribution < -0.4 is 16.0 Å². The van der Waals surface area contributed by atoms with Gasteiger partial charge in [-0.05, 0) is 28.1 Å². The predicted octanol–water partition coefficient (Wildman–Crippen LogP) is -0.437. The SMILES string of the molecule is CN[CH]C(NC)C(C)NC. The standard InChI is InChI=1S/C7H18N3/c1-6(9-3)7(10-4)5-8-2/h5-10H,1-4H3. The molecule has 0 rings (SSSR count). The van der Waals surface area contributed by atoms with Gasteiger partial charge in [0.2, 0.25) is 0 Å². The first-order valence-corrected chi connectivity index (χ1v) is 3.61. The van der Waals surface area contributed by atoms with Gasteiger partial charge in [-0.1, -0.05) is 0 Å². The van der Waals surface area contributed by atoms with Gasteiger partial charge < -0.3 is 16.0 Å². The molecule has 0 aromatic rings. The van der Waals surface area contributed by atoms with E-state index < -0.39 is 0 Å². The molecule has 0 aliphatic carbocycles. The van der Waals surface area contributed by atoms with Gasteiger partial charge in [0.15, 0.2) is 0 Å². The summed E-state index contributed by atoms with van der Waals surface area (Å²) in [5, 5.41) is 9.35. The molecule has 0 spiro atoms. The number of hydrogen-bond donors (Lipinski definition) is 3. The minimum Gasteiger partial charge on any atom is -0.316 e. The Kier molecular flexibility index (Phi) is 5.58. The maximum atomic E-state index is 3.17. The second-order valence-corrected chi connectivity index (χ2v) is 2.35. The molecule has 0 saturated carbocycles. The predicted molar refractivity (Wildman–Crippen MR) is 44.7 cm³/mol. The molecule has 10 heavy (non-hydrogen) atoms. The largest absolute Gasteiger partial charge is 0.316 e. The lowest BCUT2D eigenvalue weighted by atomic mass is 10.1. The van der Waals surface area contributed by atoms with Crippen LogP contribution in [0.4, 0.5) is 0 Å². The summed E-state index contributed by atoms with van der Waals surface area (Å²) < 4.78 is 0. The fourth-order valence-electron chi connectivity index (χ4n) is 0.837. The normalized spacial score (nSPS) is 16.8. The van der Waals surface area contributed by atoms with Crippen molar-refractivity contribution in [3.63, 3.8) is 0 Å². The number of nitrogens with one attached hydrogen (secondary N) is 3. The Bertz CT molecular complexity index is 75.3. The summed E-state index contributed by atoms with van der Waals surface area (Å²) in [4.78, 5) is 0. The van der Waals surface area contributed by atoms with Gasteiger partial charge in [-0.15, -0.1) is 0 Å². The van der Waals surface area contributed by atoms with Crippen molar-refractivity contribution < 1.29 is 0 Å². The molecule has 2 atom stereocenters. The van der Waals surface area contributed by atoms with Crippen molar-refractivity contribution in [2.75, 3.05) is 21.1 Å². The Labute approximate surface area is 63.6 Å². The van der Waals surface area contributed by atoms with E-state index in [4.69, 9.17) is 0 Å². The molecule has 0 heterocycles. The van der Waals surface area contributed by atoms with Crippen molar-refractivity contribution >= 4 is 0 Å². The molecule has 0 amide bonds. The van der Waals surface area contributed by atoms with Crippen molar-refractivity contribution in [1.29, 1.82) is 0 Å². The van der Waals surface area contributed by atoms with Crippen molar-refractivity contribution in [3.05, 3.63) is 6.54 Å². The van der Waals surface area contributed by atoms with Crippen LogP contribution in [-0.4, -0.2) is 33.2 Å². The third-order valence-electron chi connectivity index (χ3n) is 1.67. The molecule has 3 heteroatoms. The first-order valence-electron chi connectivity index (χ1n) is 3.61. The van der Waals surface area contributed by atoms with Gasteiger partial charge in [0, 0.05) is 18.6 Å². The quantitative estimate of drug-likeness (QED) is 0.490. The van der Waals surface area contributed by atoms with E-state index in [0.29, 0.717) is 12.1 Å². The number of rotatable bonds is 5. The van der Waals surface area contributed by atoms with Gasteiger partial charge in [0.05, 0.1) is 0 Å². The summed E-state index contributed by atoms with van der Waals surface area (Å²) in [6, 6.07) is 0.840. The molecule has 0 aromatic carbocycles. The fraction of sp³-hybridized carbons (Fsp3) is 0.857. The first kappa shape index (κ1) is 9.88. The summed E-state index contributed by atoms with van der Waals surface area (Å²) in [7, 11) is 5.82. The highest BCUT2D eigenvalue weighted by atomic mass is 15.0. The second-order valence-electron chi connectivity index (χ2n) is 2.35. The third-order valence-corrected chi connectivity index (χ3v) is 1.67. The van der Waals surface area contributed by atoms with E-state index in [1.54, 1.807) is 0 Å². The zero-order chi connectivity index (χ0) is 7.98. The van der Waals surface area contributed by atoms with Gasteiger partial charge >= 0.3 is 0 Å². The summed E-state index contributed by atoms with van der Waals surface area (Å²) >= 11 is 0. The highest BCUT2D eigenvalue weighted by Crippen LogP contribution is 1.92. The Morgan fingerprint density at radius 1 is 1.10 bits per heavy atom. The van der Waals surface area contributed by atoms with E-state index >= 15 is 0 Å². The van der Waals surface area contributed by atoms with E-state index in [0.717, 1.165) is 0 Å². The third kappa shape index (κ3) is 3.15. The molecule has 0 fully saturated rings. The lowest BCUT2D eigenvalue weighted by Gasteiger charge is -2.21. The maximum absolute atomic E-state index is 3.17. The average molecular weight is 144 g/mol. The van der Waals surface area contributed by atoms with Crippen molar-refractivity contribution in [2.24, 2.45) is 0 Å². The van der Waals surface area contributed by atoms with Gasteiger partial charge in [-0.25, -0.2) is 0 Å². The minimum absolute atomic E-state index is 0.384. The molecule has 1 radical (unpaired) electrons. The molecule has 0 bridgehead atoms. The molecule has 0 aliphatic heterocycles. The Balaban J connectivity index is 3.56. The van der Waals surface area contributed by atoms with Crippen LogP contribution in [0.5, 0.6) is 0 Å². The fourth-order valence-corrected chi connectivity index (χ4v) is 0.837. The van der Waals surface area contributed by atoms with E-state index in [1.807, 2.05) is 27.7 Å². The van der Waals surface area contributed by atoms with Crippen LogP contribution in [-0.2, 0) is 0 Å². The van der Waals surface area contributed by atoms with Crippen molar-refractivity contribution in [3.8, 4) is 0 Å². The number of likely N-dealkylation sites (N-methyl/N-ethyl adjacent to an activating group) is 3. The van der Waals surface area contributed by atoms with E-state index in [2.05, 4.69) is 22.9 Å². The highest BCUT2D eigenvalue weighted by Gasteiger charge is 2.11. The molecule has 3 nitrogen and oxygen atoms in total. The first-order chi connectivity index (χ1) is 4.76. The van der Waals surface area contributed by atoms with Gasteiger partial charge in [0.25, 0.3) is 0 Å². The zero-order valence-corrected chi connectivity index (χ0v) is 7.23. The molecule has 0 saturated heterocycles. The van der Waals surface area contributed by atoms with E-state index in [-0.39, 0.29) is 0 Å². The smallest absolute Gasteiger partial charge is 0.0404 e. The van der Waals surface area contributed by atoms with Gasteiger partial charge in [-0.3, -0.25) is 0 Å². The summed E-state index contributed by atoms with van der Waals surface area (Å²) in [6.07, 6.45) is 0. The molecule has 0 aliphatic rings. The van der Waals surface area contributed by atoms with Crippen molar-refractivity contribution in [1.82, 2.24) is 16.0 Å². The Morgan fingerprint density at radius 3 is 2.00 bits per heavy atom. The monoisotopic (exact) mass is 144 g/mol. The Morgan fingerprint density at radius 2 is 1.70 bits per heavy atom. The van der Waals surface area contributed by atoms with E-state index in [1.165, 1.54) is 0 Å². The lowest BCUT2D eigenvalue weighted by molar-refractivity contribution is 0.458. The topological polar surface area (TPSA) is 36.1 Å². The minimum atomic E-state index is 0.384. The van der Waals surface area contributed by atoms with Crippen LogP contribution in [0, 0.1) is 6.54 Å². The van der Waals surface area contributed by atoms with Crippen LogP contribution in [0.2, 0.25) is 0 Å². The molecule has 0 aromatic heterocycles.